The zero-order valence-electron chi connectivity index (χ0n) is 12.8. The molecule has 0 aromatic carbocycles. The molecule has 1 aromatic rings. The molecule has 1 fully saturated rings. The minimum absolute atomic E-state index is 0.00762. The predicted octanol–water partition coefficient (Wildman–Crippen LogP) is 3.09. The van der Waals surface area contributed by atoms with E-state index >= 15 is 0 Å². The van der Waals surface area contributed by atoms with E-state index in [0.717, 1.165) is 25.9 Å². The van der Waals surface area contributed by atoms with Crippen LogP contribution in [0.1, 0.15) is 39.2 Å². The fourth-order valence-electron chi connectivity index (χ4n) is 2.86. The first-order valence-electron chi connectivity index (χ1n) is 7.22. The molecule has 0 bridgehead atoms. The van der Waals surface area contributed by atoms with Gasteiger partial charge in [0.05, 0.1) is 5.02 Å². The summed E-state index contributed by atoms with van der Waals surface area (Å²) in [6.45, 7) is 8.72. The molecule has 1 saturated heterocycles. The van der Waals surface area contributed by atoms with Crippen molar-refractivity contribution in [1.29, 1.82) is 0 Å². The second-order valence-electron chi connectivity index (χ2n) is 6.61. The van der Waals surface area contributed by atoms with Crippen LogP contribution in [0.25, 0.3) is 0 Å². The van der Waals surface area contributed by atoms with E-state index < -0.39 is 0 Å². The summed E-state index contributed by atoms with van der Waals surface area (Å²) in [5, 5.41) is 12.3. The average molecular weight is 311 g/mol. The lowest BCUT2D eigenvalue weighted by molar-refractivity contribution is 0.198. The number of piperidine rings is 1. The number of amidine groups is 1. The first-order chi connectivity index (χ1) is 9.84. The lowest BCUT2D eigenvalue weighted by atomic mass is 9.75. The van der Waals surface area contributed by atoms with E-state index in [-0.39, 0.29) is 5.84 Å². The van der Waals surface area contributed by atoms with Gasteiger partial charge in [-0.25, -0.2) is 4.98 Å². The largest absolute Gasteiger partial charge is 0.409 e. The number of oxime groups is 1. The van der Waals surface area contributed by atoms with Crippen molar-refractivity contribution in [1.82, 2.24) is 4.98 Å². The van der Waals surface area contributed by atoms with Gasteiger partial charge >= 0.3 is 0 Å². The standard InChI is InChI=1S/C15H23ClN4O/c1-15(2,3)10-5-8-20(9-6-10)14-12(16)11(4-7-18-14)13(17)19-21/h4,7,10,21H,5-6,8-9H2,1-3H3,(H2,17,19). The first kappa shape index (κ1) is 15.9. The molecule has 2 heterocycles. The maximum atomic E-state index is 8.81. The third kappa shape index (κ3) is 3.40. The monoisotopic (exact) mass is 310 g/mol. The van der Waals surface area contributed by atoms with Gasteiger partial charge in [0.15, 0.2) is 5.84 Å². The SMILES string of the molecule is CC(C)(C)C1CCN(c2nccc(/C(N)=N/O)c2Cl)CC1. The van der Waals surface area contributed by atoms with Crippen LogP contribution >= 0.6 is 11.6 Å². The Morgan fingerprint density at radius 3 is 2.57 bits per heavy atom. The van der Waals surface area contributed by atoms with Crippen molar-refractivity contribution in [2.45, 2.75) is 33.6 Å². The van der Waals surface area contributed by atoms with Gasteiger partial charge in [0.1, 0.15) is 5.82 Å². The summed E-state index contributed by atoms with van der Waals surface area (Å²) in [6, 6.07) is 1.66. The zero-order valence-corrected chi connectivity index (χ0v) is 13.6. The van der Waals surface area contributed by atoms with Crippen LogP contribution in [0.5, 0.6) is 0 Å². The number of nitrogens with two attached hydrogens (primary N) is 1. The molecule has 6 heteroatoms. The summed E-state index contributed by atoms with van der Waals surface area (Å²) >= 11 is 6.37. The van der Waals surface area contributed by atoms with Crippen LogP contribution in [0.15, 0.2) is 17.4 Å². The summed E-state index contributed by atoms with van der Waals surface area (Å²) in [4.78, 5) is 6.55. The lowest BCUT2D eigenvalue weighted by Crippen LogP contribution is -2.38. The van der Waals surface area contributed by atoms with Crippen molar-refractivity contribution in [2.75, 3.05) is 18.0 Å². The maximum absolute atomic E-state index is 8.81. The van der Waals surface area contributed by atoms with Crippen LogP contribution in [0, 0.1) is 11.3 Å². The molecule has 1 aromatic heterocycles. The highest BCUT2D eigenvalue weighted by molar-refractivity contribution is 6.36. The molecule has 5 nitrogen and oxygen atoms in total. The van der Waals surface area contributed by atoms with Crippen molar-refractivity contribution in [2.24, 2.45) is 22.2 Å². The highest BCUT2D eigenvalue weighted by atomic mass is 35.5. The first-order valence-corrected chi connectivity index (χ1v) is 7.59. The van der Waals surface area contributed by atoms with E-state index in [2.05, 4.69) is 35.8 Å². The Morgan fingerprint density at radius 1 is 1.43 bits per heavy atom. The number of hydrogen-bond acceptors (Lipinski definition) is 4. The van der Waals surface area contributed by atoms with E-state index in [1.165, 1.54) is 0 Å². The zero-order chi connectivity index (χ0) is 15.6. The number of nitrogens with zero attached hydrogens (tertiary/aromatic N) is 3. The number of anilines is 1. The maximum Gasteiger partial charge on any atom is 0.171 e. The number of hydrogen-bond donors (Lipinski definition) is 2. The molecule has 0 spiro atoms. The lowest BCUT2D eigenvalue weighted by Gasteiger charge is -2.39. The van der Waals surface area contributed by atoms with Gasteiger partial charge in [0, 0.05) is 24.8 Å². The Labute approximate surface area is 130 Å². The van der Waals surface area contributed by atoms with Crippen molar-refractivity contribution in [3.05, 3.63) is 22.8 Å². The van der Waals surface area contributed by atoms with Gasteiger partial charge in [-0.05, 0) is 30.2 Å². The molecule has 116 valence electrons. The van der Waals surface area contributed by atoms with Gasteiger partial charge in [-0.2, -0.15) is 0 Å². The fraction of sp³-hybridized carbons (Fsp3) is 0.600. The van der Waals surface area contributed by atoms with Crippen LogP contribution in [-0.2, 0) is 0 Å². The molecule has 0 amide bonds. The van der Waals surface area contributed by atoms with Gasteiger partial charge in [0.2, 0.25) is 0 Å². The third-order valence-electron chi connectivity index (χ3n) is 4.27. The molecule has 0 aliphatic carbocycles. The molecule has 1 aliphatic rings. The van der Waals surface area contributed by atoms with Crippen molar-refractivity contribution >= 4 is 23.3 Å². The molecule has 0 radical (unpaired) electrons. The number of aromatic nitrogens is 1. The Morgan fingerprint density at radius 2 is 2.05 bits per heavy atom. The van der Waals surface area contributed by atoms with E-state index in [0.29, 0.717) is 27.7 Å². The molecular formula is C15H23ClN4O. The summed E-state index contributed by atoms with van der Waals surface area (Å²) in [5.74, 6) is 1.43. The molecule has 2 rings (SSSR count). The van der Waals surface area contributed by atoms with Gasteiger partial charge in [0.25, 0.3) is 0 Å². The van der Waals surface area contributed by atoms with Crippen molar-refractivity contribution in [3.8, 4) is 0 Å². The van der Waals surface area contributed by atoms with E-state index in [4.69, 9.17) is 22.5 Å². The highest BCUT2D eigenvalue weighted by Crippen LogP contribution is 2.37. The molecule has 1 aliphatic heterocycles. The normalized spacial score (nSPS) is 18.1. The average Bonchev–Trinajstić information content (AvgIpc) is 2.46. The van der Waals surface area contributed by atoms with Crippen LogP contribution in [-0.4, -0.2) is 29.1 Å². The minimum atomic E-state index is 0.00762. The van der Waals surface area contributed by atoms with Gasteiger partial charge in [-0.3, -0.25) is 0 Å². The number of rotatable bonds is 2. The topological polar surface area (TPSA) is 74.7 Å². The smallest absolute Gasteiger partial charge is 0.171 e. The molecule has 21 heavy (non-hydrogen) atoms. The van der Waals surface area contributed by atoms with E-state index in [1.54, 1.807) is 12.3 Å². The van der Waals surface area contributed by atoms with Gasteiger partial charge in [-0.1, -0.05) is 37.5 Å². The van der Waals surface area contributed by atoms with Gasteiger partial charge < -0.3 is 15.8 Å². The summed E-state index contributed by atoms with van der Waals surface area (Å²) in [6.07, 6.45) is 3.88. The molecule has 0 unspecified atom stereocenters. The van der Waals surface area contributed by atoms with Crippen molar-refractivity contribution < 1.29 is 5.21 Å². The van der Waals surface area contributed by atoms with E-state index in [1.807, 2.05) is 0 Å². The Hall–Kier alpha value is -1.49. The Kier molecular flexibility index (Phi) is 4.61. The highest BCUT2D eigenvalue weighted by Gasteiger charge is 2.30. The van der Waals surface area contributed by atoms with Crippen LogP contribution < -0.4 is 10.6 Å². The second-order valence-corrected chi connectivity index (χ2v) is 6.99. The van der Waals surface area contributed by atoms with Crippen LogP contribution in [0.2, 0.25) is 5.02 Å². The number of pyridine rings is 1. The van der Waals surface area contributed by atoms with Crippen LogP contribution in [0.4, 0.5) is 5.82 Å². The molecule has 0 atom stereocenters. The van der Waals surface area contributed by atoms with Crippen molar-refractivity contribution in [3.63, 3.8) is 0 Å². The van der Waals surface area contributed by atoms with E-state index in [9.17, 15) is 0 Å². The summed E-state index contributed by atoms with van der Waals surface area (Å²) < 4.78 is 0. The Bertz CT molecular complexity index is 531. The summed E-state index contributed by atoms with van der Waals surface area (Å²) in [5.41, 5.74) is 6.49. The van der Waals surface area contributed by atoms with Crippen LogP contribution in [0.3, 0.4) is 0 Å². The number of halogens is 1. The summed E-state index contributed by atoms with van der Waals surface area (Å²) in [7, 11) is 0. The second kappa shape index (κ2) is 6.10. The predicted molar refractivity (Wildman–Crippen MR) is 86.1 cm³/mol. The molecule has 0 saturated carbocycles. The Balaban J connectivity index is 2.18. The quantitative estimate of drug-likeness (QED) is 0.381. The molecular weight excluding hydrogens is 288 g/mol. The fourth-order valence-corrected chi connectivity index (χ4v) is 3.19. The third-order valence-corrected chi connectivity index (χ3v) is 4.65. The minimum Gasteiger partial charge on any atom is -0.409 e. The van der Waals surface area contributed by atoms with Gasteiger partial charge in [-0.15, -0.1) is 0 Å². The molecule has 3 N–H and O–H groups in total.